The number of carboxylic acids is 1. The molecule has 0 aliphatic carbocycles. The molecule has 1 aromatic carbocycles. The lowest BCUT2D eigenvalue weighted by atomic mass is 10.1. The zero-order chi connectivity index (χ0) is 15.6. The molecule has 2 aromatic rings. The van der Waals surface area contributed by atoms with Gasteiger partial charge in [-0.25, -0.2) is 0 Å². The van der Waals surface area contributed by atoms with E-state index in [1.165, 1.54) is 17.3 Å². The van der Waals surface area contributed by atoms with Crippen LogP contribution < -0.4 is 0 Å². The second-order valence-electron chi connectivity index (χ2n) is 5.27. The van der Waals surface area contributed by atoms with Crippen molar-refractivity contribution in [3.05, 3.63) is 29.3 Å². The lowest BCUT2D eigenvalue weighted by Gasteiger charge is -2.14. The third-order valence-corrected chi connectivity index (χ3v) is 4.06. The first-order chi connectivity index (χ1) is 9.90. The smallest absolute Gasteiger partial charge is 0.313 e. The Morgan fingerprint density at radius 3 is 2.62 bits per heavy atom. The molecule has 0 fully saturated rings. The van der Waals surface area contributed by atoms with Gasteiger partial charge in [-0.2, -0.15) is 0 Å². The third-order valence-electron chi connectivity index (χ3n) is 3.13. The molecular formula is C15H19N3O2S. The van der Waals surface area contributed by atoms with E-state index in [4.69, 9.17) is 5.11 Å². The van der Waals surface area contributed by atoms with Crippen molar-refractivity contribution in [3.8, 4) is 11.4 Å². The van der Waals surface area contributed by atoms with Gasteiger partial charge < -0.3 is 5.11 Å². The quantitative estimate of drug-likeness (QED) is 0.858. The molecular weight excluding hydrogens is 286 g/mol. The van der Waals surface area contributed by atoms with Gasteiger partial charge in [-0.05, 0) is 33.3 Å². The number of aliphatic carboxylic acids is 1. The van der Waals surface area contributed by atoms with E-state index in [2.05, 4.69) is 23.2 Å². The maximum atomic E-state index is 10.7. The molecule has 1 heterocycles. The second-order valence-corrected chi connectivity index (χ2v) is 6.21. The number of rotatable bonds is 5. The molecule has 0 saturated heterocycles. The maximum absolute atomic E-state index is 10.7. The minimum Gasteiger partial charge on any atom is -0.481 e. The highest BCUT2D eigenvalue weighted by Crippen LogP contribution is 2.29. The zero-order valence-corrected chi connectivity index (χ0v) is 13.4. The molecule has 5 nitrogen and oxygen atoms in total. The van der Waals surface area contributed by atoms with E-state index in [1.807, 2.05) is 37.5 Å². The van der Waals surface area contributed by atoms with Crippen molar-refractivity contribution in [3.63, 3.8) is 0 Å². The Balaban J connectivity index is 2.46. The fourth-order valence-electron chi connectivity index (χ4n) is 2.22. The summed E-state index contributed by atoms with van der Waals surface area (Å²) in [5, 5.41) is 17.9. The molecule has 0 bridgehead atoms. The highest BCUT2D eigenvalue weighted by molar-refractivity contribution is 7.99. The first-order valence-corrected chi connectivity index (χ1v) is 7.76. The van der Waals surface area contributed by atoms with Crippen molar-refractivity contribution in [2.24, 2.45) is 0 Å². The topological polar surface area (TPSA) is 68.0 Å². The molecule has 112 valence electrons. The molecule has 2 rings (SSSR count). The van der Waals surface area contributed by atoms with Gasteiger partial charge in [-0.3, -0.25) is 9.36 Å². The van der Waals surface area contributed by atoms with Crippen LogP contribution in [0.4, 0.5) is 0 Å². The molecule has 0 atom stereocenters. The Morgan fingerprint density at radius 2 is 2.05 bits per heavy atom. The van der Waals surface area contributed by atoms with Gasteiger partial charge in [0.1, 0.15) is 0 Å². The van der Waals surface area contributed by atoms with Crippen LogP contribution in [0.15, 0.2) is 23.4 Å². The summed E-state index contributed by atoms with van der Waals surface area (Å²) in [6, 6.07) is 6.36. The van der Waals surface area contributed by atoms with Gasteiger partial charge in [0.15, 0.2) is 11.0 Å². The normalized spacial score (nSPS) is 11.1. The summed E-state index contributed by atoms with van der Waals surface area (Å²) in [6.07, 6.45) is 0. The van der Waals surface area contributed by atoms with E-state index < -0.39 is 5.97 Å². The Kier molecular flexibility index (Phi) is 4.67. The van der Waals surface area contributed by atoms with Crippen molar-refractivity contribution in [1.82, 2.24) is 14.8 Å². The standard InChI is InChI=1S/C15H19N3O2S/c1-9(2)18-14(12-6-5-10(3)7-11(12)4)16-17-15(18)21-8-13(19)20/h5-7,9H,8H2,1-4H3,(H,19,20). The van der Waals surface area contributed by atoms with Crippen molar-refractivity contribution < 1.29 is 9.90 Å². The summed E-state index contributed by atoms with van der Waals surface area (Å²) < 4.78 is 1.99. The molecule has 21 heavy (non-hydrogen) atoms. The number of thioether (sulfide) groups is 1. The van der Waals surface area contributed by atoms with Crippen LogP contribution in [0, 0.1) is 13.8 Å². The monoisotopic (exact) mass is 305 g/mol. The van der Waals surface area contributed by atoms with Crippen molar-refractivity contribution in [2.75, 3.05) is 5.75 Å². The van der Waals surface area contributed by atoms with E-state index in [0.29, 0.717) is 5.16 Å². The highest BCUT2D eigenvalue weighted by Gasteiger charge is 2.18. The first-order valence-electron chi connectivity index (χ1n) is 6.77. The predicted molar refractivity (Wildman–Crippen MR) is 83.7 cm³/mol. The molecule has 0 radical (unpaired) electrons. The van der Waals surface area contributed by atoms with Crippen LogP contribution in [-0.2, 0) is 4.79 Å². The van der Waals surface area contributed by atoms with E-state index >= 15 is 0 Å². The molecule has 1 N–H and O–H groups in total. The number of benzene rings is 1. The van der Waals surface area contributed by atoms with Gasteiger partial charge >= 0.3 is 5.97 Å². The van der Waals surface area contributed by atoms with Crippen LogP contribution in [0.1, 0.15) is 31.0 Å². The van der Waals surface area contributed by atoms with Crippen molar-refractivity contribution in [1.29, 1.82) is 0 Å². The fourth-order valence-corrected chi connectivity index (χ4v) is 3.00. The van der Waals surface area contributed by atoms with Gasteiger partial charge in [-0.1, -0.05) is 35.5 Å². The average molecular weight is 305 g/mol. The summed E-state index contributed by atoms with van der Waals surface area (Å²) in [4.78, 5) is 10.7. The molecule has 0 spiro atoms. The summed E-state index contributed by atoms with van der Waals surface area (Å²) in [5.41, 5.74) is 3.37. The van der Waals surface area contributed by atoms with Crippen molar-refractivity contribution >= 4 is 17.7 Å². The van der Waals surface area contributed by atoms with Crippen LogP contribution in [0.5, 0.6) is 0 Å². The number of carboxylic acid groups (broad SMARTS) is 1. The van der Waals surface area contributed by atoms with Crippen molar-refractivity contribution in [2.45, 2.75) is 38.9 Å². The van der Waals surface area contributed by atoms with Crippen LogP contribution >= 0.6 is 11.8 Å². The van der Waals surface area contributed by atoms with E-state index in [1.54, 1.807) is 0 Å². The molecule has 0 saturated carbocycles. The fraction of sp³-hybridized carbons (Fsp3) is 0.400. The molecule has 0 unspecified atom stereocenters. The minimum absolute atomic E-state index is 0.0161. The van der Waals surface area contributed by atoms with Crippen LogP contribution in [0.2, 0.25) is 0 Å². The molecule has 1 aromatic heterocycles. The SMILES string of the molecule is Cc1ccc(-c2nnc(SCC(=O)O)n2C(C)C)c(C)c1. The first kappa shape index (κ1) is 15.6. The number of aryl methyl sites for hydroxylation is 2. The van der Waals surface area contributed by atoms with Gasteiger partial charge in [0, 0.05) is 11.6 Å². The average Bonchev–Trinajstić information content (AvgIpc) is 2.80. The van der Waals surface area contributed by atoms with E-state index in [0.717, 1.165) is 17.0 Å². The summed E-state index contributed by atoms with van der Waals surface area (Å²) in [7, 11) is 0. The summed E-state index contributed by atoms with van der Waals surface area (Å²) >= 11 is 1.20. The minimum atomic E-state index is -0.855. The van der Waals surface area contributed by atoms with E-state index in [9.17, 15) is 4.79 Å². The Morgan fingerprint density at radius 1 is 1.33 bits per heavy atom. The Bertz CT molecular complexity index is 665. The number of nitrogens with zero attached hydrogens (tertiary/aromatic N) is 3. The van der Waals surface area contributed by atoms with Gasteiger partial charge in [0.05, 0.1) is 5.75 Å². The Hall–Kier alpha value is -1.82. The molecule has 6 heteroatoms. The number of hydrogen-bond acceptors (Lipinski definition) is 4. The lowest BCUT2D eigenvalue weighted by molar-refractivity contribution is -0.133. The van der Waals surface area contributed by atoms with Crippen LogP contribution in [0.3, 0.4) is 0 Å². The van der Waals surface area contributed by atoms with Gasteiger partial charge in [0.25, 0.3) is 0 Å². The second kappa shape index (κ2) is 6.30. The zero-order valence-electron chi connectivity index (χ0n) is 12.6. The van der Waals surface area contributed by atoms with E-state index in [-0.39, 0.29) is 11.8 Å². The third kappa shape index (κ3) is 3.44. The largest absolute Gasteiger partial charge is 0.481 e. The van der Waals surface area contributed by atoms with Crippen LogP contribution in [0.25, 0.3) is 11.4 Å². The number of carbonyl (C=O) groups is 1. The predicted octanol–water partition coefficient (Wildman–Crippen LogP) is 3.32. The maximum Gasteiger partial charge on any atom is 0.313 e. The van der Waals surface area contributed by atoms with Gasteiger partial charge in [-0.15, -0.1) is 10.2 Å². The highest BCUT2D eigenvalue weighted by atomic mass is 32.2. The molecule has 0 aliphatic rings. The van der Waals surface area contributed by atoms with Crippen LogP contribution in [-0.4, -0.2) is 31.6 Å². The Labute approximate surface area is 128 Å². The molecule has 0 aliphatic heterocycles. The summed E-state index contributed by atoms with van der Waals surface area (Å²) in [5.74, 6) is -0.0840. The van der Waals surface area contributed by atoms with Gasteiger partial charge in [0.2, 0.25) is 0 Å². The number of hydrogen-bond donors (Lipinski definition) is 1. The summed E-state index contributed by atoms with van der Waals surface area (Å²) in [6.45, 7) is 8.19. The molecule has 0 amide bonds. The number of aromatic nitrogens is 3. The lowest BCUT2D eigenvalue weighted by Crippen LogP contribution is -2.07.